The van der Waals surface area contributed by atoms with Gasteiger partial charge in [-0.1, -0.05) is 138 Å². The lowest BCUT2D eigenvalue weighted by Gasteiger charge is -2.41. The van der Waals surface area contributed by atoms with Crippen molar-refractivity contribution in [3.63, 3.8) is 0 Å². The average Bonchev–Trinajstić information content (AvgIpc) is 4.03. The molecule has 17 nitrogen and oxygen atoms in total. The van der Waals surface area contributed by atoms with Crippen molar-refractivity contribution in [2.45, 2.75) is 92.7 Å². The maximum Gasteiger partial charge on any atom is 0.354 e. The number of hydrogen-bond acceptors (Lipinski definition) is 15. The number of β-lactam (4-membered cyclic amide) rings is 1. The summed E-state index contributed by atoms with van der Waals surface area (Å²) in [6.45, 7) is 7.21. The number of esters is 2. The minimum Gasteiger partial charge on any atom is -0.450 e. The third kappa shape index (κ3) is 9.51. The molecule has 4 fully saturated rings. The van der Waals surface area contributed by atoms with Gasteiger partial charge in [-0.25, -0.2) is 30.7 Å². The Bertz CT molecular complexity index is 2640. The number of benzene rings is 4. The molecular weight excluding hydrogens is 921 g/mol. The fraction of sp³-hybridized carbons (Fsp3) is 0.340. The Labute approximate surface area is 407 Å². The lowest BCUT2D eigenvalue weighted by Crippen LogP contribution is -2.68. The number of anilines is 1. The Morgan fingerprint density at radius 3 is 1.80 bits per heavy atom. The zero-order chi connectivity index (χ0) is 48.5. The molecule has 0 unspecified atom stereocenters. The van der Waals surface area contributed by atoms with Crippen LogP contribution in [-0.4, -0.2) is 102 Å². The second-order valence-electron chi connectivity index (χ2n) is 18.3. The van der Waals surface area contributed by atoms with E-state index >= 15 is 0 Å². The number of oxime groups is 1. The number of nitrogens with zero attached hydrogens (tertiary/aromatic N) is 5. The van der Waals surface area contributed by atoms with Gasteiger partial charge in [0, 0.05) is 18.2 Å². The number of fused-ring (bicyclic) bond motifs is 1. The lowest BCUT2D eigenvalue weighted by atomic mass is 9.80. The standard InChI is InChI=1S/C50H52N8O9S2/c1-31-28-57(51)47(63)58(31)50(45(62)65-40(34-22-13-7-14-23-34)35-24-15-8-16-25-35)30-56-42(60)38(43(56)69-50)53-41(59)37(36-29-68-46(52-36)55-66-48(2,3)4)54-67-49(26-17-27-49)44(61)64-39(32-18-9-5-10-19-32)33-20-11-6-12-21-33/h5-16,18-25,29,31,38-40,43H,17,26-28,30,51H2,1-4H3,(H,52,55)(H,53,59)/b54-37-/t31-,38-,43-,50-/m1/s1. The number of nitrogens with two attached hydrogens (primary N) is 1. The fourth-order valence-electron chi connectivity index (χ4n) is 8.64. The summed E-state index contributed by atoms with van der Waals surface area (Å²) in [6, 6.07) is 34.8. The zero-order valence-corrected chi connectivity index (χ0v) is 40.0. The van der Waals surface area contributed by atoms with E-state index in [0.29, 0.717) is 22.7 Å². The van der Waals surface area contributed by atoms with Crippen LogP contribution in [0.15, 0.2) is 132 Å². The number of carbonyl (C=O) groups excluding carboxylic acids is 5. The van der Waals surface area contributed by atoms with Crippen molar-refractivity contribution >= 4 is 63.7 Å². The van der Waals surface area contributed by atoms with Crippen LogP contribution in [-0.2, 0) is 38.3 Å². The molecule has 3 saturated heterocycles. The third-order valence-electron chi connectivity index (χ3n) is 12.3. The van der Waals surface area contributed by atoms with Crippen LogP contribution in [0.5, 0.6) is 0 Å². The first-order valence-electron chi connectivity index (χ1n) is 22.6. The van der Waals surface area contributed by atoms with E-state index in [-0.39, 0.29) is 37.3 Å². The molecule has 5 aromatic rings. The van der Waals surface area contributed by atoms with Crippen molar-refractivity contribution in [2.24, 2.45) is 11.0 Å². The molecule has 4 aliphatic rings. The van der Waals surface area contributed by atoms with Gasteiger partial charge in [-0.2, -0.15) is 0 Å². The SMILES string of the molecule is C[C@@H]1CN(N)C(=O)N1[C@]1(C(=O)OC(c2ccccc2)c2ccccc2)CN2C(=O)[C@@H](NC(=O)/C(=N\OC3(C(=O)OC(c4ccccc4)c4ccccc4)CCC3)c3csc(NOC(C)(C)C)n3)[C@H]2S1. The summed E-state index contributed by atoms with van der Waals surface area (Å²) in [5.41, 5.74) is 3.35. The first-order valence-corrected chi connectivity index (χ1v) is 24.3. The van der Waals surface area contributed by atoms with Crippen LogP contribution in [0.4, 0.5) is 9.93 Å². The maximum absolute atomic E-state index is 15.0. The largest absolute Gasteiger partial charge is 0.450 e. The quantitative estimate of drug-likeness (QED) is 0.0236. The van der Waals surface area contributed by atoms with Gasteiger partial charge in [-0.15, -0.1) is 11.3 Å². The highest BCUT2D eigenvalue weighted by molar-refractivity contribution is 8.02. The van der Waals surface area contributed by atoms with Gasteiger partial charge in [0.1, 0.15) is 17.1 Å². The number of aromatic nitrogens is 1. The van der Waals surface area contributed by atoms with Crippen LogP contribution >= 0.6 is 23.1 Å². The molecule has 4 heterocycles. The number of ether oxygens (including phenoxy) is 2. The molecule has 4 aromatic carbocycles. The van der Waals surface area contributed by atoms with Crippen LogP contribution in [0.25, 0.3) is 0 Å². The summed E-state index contributed by atoms with van der Waals surface area (Å²) in [5.74, 6) is 3.38. The van der Waals surface area contributed by atoms with Crippen LogP contribution in [0.2, 0.25) is 0 Å². The number of carbonyl (C=O) groups is 5. The Morgan fingerprint density at radius 2 is 1.33 bits per heavy atom. The molecule has 3 aliphatic heterocycles. The highest BCUT2D eigenvalue weighted by Gasteiger charge is 2.68. The van der Waals surface area contributed by atoms with E-state index in [1.54, 1.807) is 12.3 Å². The molecule has 4 amide bonds. The number of nitrogens with one attached hydrogen (secondary N) is 2. The van der Waals surface area contributed by atoms with Crippen LogP contribution in [0.1, 0.15) is 87.1 Å². The molecule has 1 saturated carbocycles. The topological polar surface area (TPSA) is 207 Å². The lowest BCUT2D eigenvalue weighted by molar-refractivity contribution is -0.189. The van der Waals surface area contributed by atoms with E-state index in [1.807, 2.05) is 142 Å². The molecule has 69 heavy (non-hydrogen) atoms. The van der Waals surface area contributed by atoms with Gasteiger partial charge in [0.2, 0.25) is 21.5 Å². The van der Waals surface area contributed by atoms with E-state index in [1.165, 1.54) is 9.80 Å². The predicted molar refractivity (Wildman–Crippen MR) is 258 cm³/mol. The van der Waals surface area contributed by atoms with E-state index in [9.17, 15) is 24.0 Å². The molecule has 0 radical (unpaired) electrons. The van der Waals surface area contributed by atoms with Crippen molar-refractivity contribution in [1.29, 1.82) is 0 Å². The predicted octanol–water partition coefficient (Wildman–Crippen LogP) is 6.69. The molecule has 4 N–H and O–H groups in total. The number of urea groups is 1. The highest BCUT2D eigenvalue weighted by atomic mass is 32.2. The first kappa shape index (κ1) is 47.3. The second kappa shape index (κ2) is 19.3. The van der Waals surface area contributed by atoms with Gasteiger partial charge in [-0.3, -0.25) is 24.3 Å². The summed E-state index contributed by atoms with van der Waals surface area (Å²) in [6.07, 6.45) is -0.448. The fourth-order valence-corrected chi connectivity index (χ4v) is 11.0. The van der Waals surface area contributed by atoms with Crippen molar-refractivity contribution in [3.8, 4) is 0 Å². The van der Waals surface area contributed by atoms with Crippen molar-refractivity contribution in [3.05, 3.63) is 155 Å². The monoisotopic (exact) mass is 972 g/mol. The summed E-state index contributed by atoms with van der Waals surface area (Å²) in [5, 5.41) is 9.23. The number of amides is 4. The van der Waals surface area contributed by atoms with Gasteiger partial charge in [-0.05, 0) is 56.4 Å². The Hall–Kier alpha value is -6.80. The average molecular weight is 973 g/mol. The van der Waals surface area contributed by atoms with Gasteiger partial charge in [0.05, 0.1) is 24.7 Å². The Morgan fingerprint density at radius 1 is 0.812 bits per heavy atom. The van der Waals surface area contributed by atoms with E-state index in [0.717, 1.165) is 39.2 Å². The molecule has 4 atom stereocenters. The number of rotatable bonds is 16. The van der Waals surface area contributed by atoms with Crippen LogP contribution < -0.4 is 16.6 Å². The van der Waals surface area contributed by atoms with Crippen molar-refractivity contribution in [1.82, 2.24) is 25.1 Å². The second-order valence-corrected chi connectivity index (χ2v) is 20.6. The van der Waals surface area contributed by atoms with E-state index in [4.69, 9.17) is 25.0 Å². The van der Waals surface area contributed by atoms with Crippen LogP contribution in [0, 0.1) is 0 Å². The maximum atomic E-state index is 15.0. The molecule has 358 valence electrons. The molecule has 0 spiro atoms. The number of hydrazine groups is 1. The van der Waals surface area contributed by atoms with E-state index < -0.39 is 75.5 Å². The Balaban J connectivity index is 0.998. The zero-order valence-electron chi connectivity index (χ0n) is 38.4. The van der Waals surface area contributed by atoms with Gasteiger partial charge in [0.15, 0.2) is 17.9 Å². The van der Waals surface area contributed by atoms with Crippen molar-refractivity contribution in [2.75, 3.05) is 18.6 Å². The van der Waals surface area contributed by atoms with Gasteiger partial charge >= 0.3 is 18.0 Å². The molecule has 19 heteroatoms. The normalized spacial score (nSPS) is 21.9. The Kier molecular flexibility index (Phi) is 13.2. The smallest absolute Gasteiger partial charge is 0.354 e. The molecule has 1 aliphatic carbocycles. The van der Waals surface area contributed by atoms with Crippen molar-refractivity contribution < 1.29 is 43.1 Å². The summed E-state index contributed by atoms with van der Waals surface area (Å²) >= 11 is 2.17. The van der Waals surface area contributed by atoms with E-state index in [2.05, 4.69) is 20.9 Å². The minimum absolute atomic E-state index is 0.0693. The van der Waals surface area contributed by atoms with Gasteiger partial charge < -0.3 is 24.5 Å². The minimum atomic E-state index is -1.76. The third-order valence-corrected chi connectivity index (χ3v) is 14.7. The molecule has 0 bridgehead atoms. The molecule has 1 aromatic heterocycles. The van der Waals surface area contributed by atoms with Crippen LogP contribution in [0.3, 0.4) is 0 Å². The summed E-state index contributed by atoms with van der Waals surface area (Å²) < 4.78 is 12.6. The number of thiazole rings is 1. The number of thioether (sulfide) groups is 1. The number of hydrogen-bond donors (Lipinski definition) is 3. The molecular formula is C50H52N8O9S2. The van der Waals surface area contributed by atoms with Gasteiger partial charge in [0.25, 0.3) is 5.91 Å². The first-order chi connectivity index (χ1) is 33.2. The summed E-state index contributed by atoms with van der Waals surface area (Å²) in [4.78, 5) is 89.3. The highest BCUT2D eigenvalue weighted by Crippen LogP contribution is 2.52. The molecule has 9 rings (SSSR count). The summed E-state index contributed by atoms with van der Waals surface area (Å²) in [7, 11) is 0.